The van der Waals surface area contributed by atoms with Crippen LogP contribution in [0.2, 0.25) is 0 Å². The molecule has 1 saturated heterocycles. The third-order valence-corrected chi connectivity index (χ3v) is 9.03. The number of rotatable bonds is 14. The summed E-state index contributed by atoms with van der Waals surface area (Å²) in [6, 6.07) is 6.96. The van der Waals surface area contributed by atoms with Crippen LogP contribution in [0.3, 0.4) is 0 Å². The molecule has 44 heavy (non-hydrogen) atoms. The quantitative estimate of drug-likeness (QED) is 0.130. The van der Waals surface area contributed by atoms with Gasteiger partial charge in [-0.3, -0.25) is 13.9 Å². The molecule has 4 rings (SSSR count). The molecule has 1 aromatic carbocycles. The fourth-order valence-corrected chi connectivity index (χ4v) is 6.52. The zero-order valence-electron chi connectivity index (χ0n) is 25.1. The van der Waals surface area contributed by atoms with Gasteiger partial charge in [0.05, 0.1) is 24.9 Å². The number of nitrogens with zero attached hydrogens (tertiary/aromatic N) is 5. The van der Waals surface area contributed by atoms with E-state index in [-0.39, 0.29) is 17.3 Å². The number of fused-ring (bicyclic) bond motifs is 1. The molecule has 0 spiro atoms. The number of nitrogen functional groups attached to an aromatic ring is 1. The normalized spacial score (nSPS) is 23.9. The number of carbonyl (C=O) groups excluding carboxylic acids is 1. The number of imidazole rings is 1. The molecule has 3 heterocycles. The number of hydrogen-bond donors (Lipinski definition) is 3. The van der Waals surface area contributed by atoms with Crippen molar-refractivity contribution in [3.05, 3.63) is 36.7 Å². The number of para-hydroxylation sites is 1. The van der Waals surface area contributed by atoms with Gasteiger partial charge in [-0.05, 0) is 46.8 Å². The highest BCUT2D eigenvalue weighted by molar-refractivity contribution is 7.52. The van der Waals surface area contributed by atoms with Crippen molar-refractivity contribution >= 4 is 48.2 Å². The smallest absolute Gasteiger partial charge is 0.459 e. The predicted molar refractivity (Wildman–Crippen MR) is 162 cm³/mol. The lowest BCUT2D eigenvalue weighted by Gasteiger charge is -2.31. The van der Waals surface area contributed by atoms with Gasteiger partial charge >= 0.3 is 13.7 Å². The maximum Gasteiger partial charge on any atom is 0.459 e. The Bertz CT molecular complexity index is 1480. The Morgan fingerprint density at radius 1 is 1.27 bits per heavy atom. The summed E-state index contributed by atoms with van der Waals surface area (Å²) in [7, 11) is -4.38. The van der Waals surface area contributed by atoms with Crippen LogP contribution in [0, 0.1) is 0 Å². The Labute approximate surface area is 259 Å². The summed E-state index contributed by atoms with van der Waals surface area (Å²) in [6.45, 7) is 9.17. The van der Waals surface area contributed by atoms with E-state index in [1.165, 1.54) is 30.0 Å². The molecule has 3 aromatic rings. The van der Waals surface area contributed by atoms with Crippen molar-refractivity contribution in [1.82, 2.24) is 24.6 Å². The predicted octanol–water partition coefficient (Wildman–Crippen LogP) is 3.59. The molecule has 0 unspecified atom stereocenters. The van der Waals surface area contributed by atoms with Gasteiger partial charge in [-0.15, -0.1) is 11.6 Å². The standard InChI is InChI=1S/C27H38ClFN7O7P/c1-6-35(7-2)22-20-23(33-26(30)32-22)36(15-31-20)24-19(29)21(37)27(13-28,42-24)14-40-44(39,43-18-11-9-8-10-12-18)34-17(5)25(38)41-16(3)4/h8-12,15-17,19,21,24,37H,6-7,13-14H2,1-5H3,(H,34,39)(H2,30,32,33)/t17-,19-,21-,24+,27+,44+/m0/s1. The van der Waals surface area contributed by atoms with Gasteiger partial charge in [0.2, 0.25) is 5.95 Å². The highest BCUT2D eigenvalue weighted by Gasteiger charge is 2.57. The molecule has 0 saturated carbocycles. The molecule has 4 N–H and O–H groups in total. The molecule has 0 amide bonds. The third kappa shape index (κ3) is 7.08. The molecule has 0 radical (unpaired) electrons. The molecule has 1 aliphatic heterocycles. The molecular formula is C27H38ClFN7O7P. The van der Waals surface area contributed by atoms with Gasteiger partial charge in [0.15, 0.2) is 29.4 Å². The monoisotopic (exact) mass is 657 g/mol. The highest BCUT2D eigenvalue weighted by atomic mass is 35.5. The number of carbonyl (C=O) groups is 1. The van der Waals surface area contributed by atoms with E-state index >= 15 is 4.39 Å². The Morgan fingerprint density at radius 3 is 2.57 bits per heavy atom. The molecule has 0 bridgehead atoms. The van der Waals surface area contributed by atoms with Crippen LogP contribution in [0.4, 0.5) is 16.2 Å². The summed E-state index contributed by atoms with van der Waals surface area (Å²) < 4.78 is 53.7. The fraction of sp³-hybridized carbons (Fsp3) is 0.556. The van der Waals surface area contributed by atoms with Gasteiger partial charge in [-0.25, -0.2) is 13.9 Å². The van der Waals surface area contributed by atoms with E-state index in [0.29, 0.717) is 24.4 Å². The maximum atomic E-state index is 15.9. The molecule has 17 heteroatoms. The topological polar surface area (TPSA) is 176 Å². The fourth-order valence-electron chi connectivity index (χ4n) is 4.68. The second kappa shape index (κ2) is 13.9. The van der Waals surface area contributed by atoms with Gasteiger partial charge in [0, 0.05) is 13.1 Å². The van der Waals surface area contributed by atoms with Crippen molar-refractivity contribution in [2.45, 2.75) is 70.9 Å². The van der Waals surface area contributed by atoms with Crippen LogP contribution in [0.25, 0.3) is 11.2 Å². The van der Waals surface area contributed by atoms with E-state index in [1.807, 2.05) is 18.7 Å². The number of aliphatic hydroxyl groups is 1. The number of nitrogens with two attached hydrogens (primary N) is 1. The lowest BCUT2D eigenvalue weighted by molar-refractivity contribution is -0.149. The number of ether oxygens (including phenoxy) is 2. The van der Waals surface area contributed by atoms with Gasteiger partial charge in [0.25, 0.3) is 0 Å². The summed E-state index contributed by atoms with van der Waals surface area (Å²) in [4.78, 5) is 27.4. The lowest BCUT2D eigenvalue weighted by atomic mass is 9.99. The largest absolute Gasteiger partial charge is 0.462 e. The lowest BCUT2D eigenvalue weighted by Crippen LogP contribution is -2.48. The van der Waals surface area contributed by atoms with Crippen LogP contribution in [0.5, 0.6) is 5.75 Å². The first-order valence-corrected chi connectivity index (χ1v) is 16.2. The average molecular weight is 658 g/mol. The van der Waals surface area contributed by atoms with Crippen molar-refractivity contribution in [2.75, 3.05) is 36.2 Å². The number of nitrogens with one attached hydrogen (secondary N) is 1. The van der Waals surface area contributed by atoms with Crippen molar-refractivity contribution in [1.29, 1.82) is 0 Å². The zero-order chi connectivity index (χ0) is 32.2. The van der Waals surface area contributed by atoms with E-state index in [2.05, 4.69) is 20.0 Å². The molecule has 0 aliphatic carbocycles. The average Bonchev–Trinajstić information content (AvgIpc) is 3.51. The number of anilines is 2. The van der Waals surface area contributed by atoms with E-state index in [9.17, 15) is 14.5 Å². The highest BCUT2D eigenvalue weighted by Crippen LogP contribution is 2.49. The Balaban J connectivity index is 1.63. The van der Waals surface area contributed by atoms with Crippen LogP contribution in [-0.4, -0.2) is 86.2 Å². The molecule has 242 valence electrons. The van der Waals surface area contributed by atoms with E-state index in [1.54, 1.807) is 32.0 Å². The first kappa shape index (κ1) is 33.8. The van der Waals surface area contributed by atoms with Crippen LogP contribution >= 0.6 is 19.3 Å². The molecular weight excluding hydrogens is 620 g/mol. The van der Waals surface area contributed by atoms with Crippen LogP contribution in [-0.2, 0) is 23.4 Å². The second-order valence-corrected chi connectivity index (χ2v) is 12.5. The summed E-state index contributed by atoms with van der Waals surface area (Å²) >= 11 is 6.27. The Morgan fingerprint density at radius 2 is 1.95 bits per heavy atom. The van der Waals surface area contributed by atoms with E-state index in [0.717, 1.165) is 0 Å². The summed E-state index contributed by atoms with van der Waals surface area (Å²) in [5.41, 5.74) is 4.63. The minimum atomic E-state index is -4.38. The van der Waals surface area contributed by atoms with Gasteiger partial charge in [-0.1, -0.05) is 18.2 Å². The summed E-state index contributed by atoms with van der Waals surface area (Å²) in [5.74, 6) is -0.598. The van der Waals surface area contributed by atoms with Gasteiger partial charge in [0.1, 0.15) is 23.5 Å². The van der Waals surface area contributed by atoms with Crippen molar-refractivity contribution in [2.24, 2.45) is 0 Å². The van der Waals surface area contributed by atoms with Gasteiger partial charge in [-0.2, -0.15) is 15.1 Å². The first-order chi connectivity index (χ1) is 20.9. The maximum absolute atomic E-state index is 15.9. The van der Waals surface area contributed by atoms with Crippen molar-refractivity contribution in [3.8, 4) is 5.75 Å². The number of halogens is 2. The number of hydrogen-bond acceptors (Lipinski definition) is 12. The minimum absolute atomic E-state index is 0.0581. The second-order valence-electron chi connectivity index (χ2n) is 10.5. The number of esters is 1. The van der Waals surface area contributed by atoms with E-state index in [4.69, 9.17) is 35.9 Å². The molecule has 14 nitrogen and oxygen atoms in total. The van der Waals surface area contributed by atoms with E-state index < -0.39 is 62.5 Å². The van der Waals surface area contributed by atoms with Crippen molar-refractivity contribution < 1.29 is 37.4 Å². The van der Waals surface area contributed by atoms with Crippen LogP contribution in [0.15, 0.2) is 36.7 Å². The zero-order valence-corrected chi connectivity index (χ0v) is 26.7. The summed E-state index contributed by atoms with van der Waals surface area (Å²) in [6.07, 6.45) is -4.44. The number of aromatic nitrogens is 4. The SMILES string of the molecule is CCN(CC)c1nc(N)nc2c1ncn2[C@@H]1O[C@](CCl)(CO[P@](=O)(N[C@@H](C)C(=O)OC(C)C)Oc2ccccc2)[C@@H](O)[C@@H]1F. The summed E-state index contributed by atoms with van der Waals surface area (Å²) in [5, 5.41) is 13.6. The number of alkyl halides is 2. The number of benzene rings is 1. The minimum Gasteiger partial charge on any atom is -0.462 e. The van der Waals surface area contributed by atoms with Crippen LogP contribution in [0.1, 0.15) is 40.8 Å². The molecule has 2 aromatic heterocycles. The Hall–Kier alpha value is -3.07. The third-order valence-electron chi connectivity index (χ3n) is 6.96. The van der Waals surface area contributed by atoms with Crippen LogP contribution < -0.4 is 20.2 Å². The molecule has 6 atom stereocenters. The van der Waals surface area contributed by atoms with Gasteiger partial charge < -0.3 is 29.7 Å². The Kier molecular flexibility index (Phi) is 10.7. The molecule has 1 aliphatic rings. The number of aliphatic hydroxyl groups excluding tert-OH is 1. The molecule has 1 fully saturated rings. The first-order valence-electron chi connectivity index (χ1n) is 14.1. The van der Waals surface area contributed by atoms with Crippen molar-refractivity contribution in [3.63, 3.8) is 0 Å².